The van der Waals surface area contributed by atoms with E-state index < -0.39 is 29.7 Å². The van der Waals surface area contributed by atoms with Gasteiger partial charge in [-0.2, -0.15) is 10.1 Å². The topological polar surface area (TPSA) is 230 Å². The number of fused-ring (bicyclic) bond motifs is 2. The van der Waals surface area contributed by atoms with Crippen LogP contribution in [0.2, 0.25) is 0 Å². The number of aryl methyl sites for hydroxylation is 1. The second-order valence-electron chi connectivity index (χ2n) is 15.1. The molecule has 5 aromatic rings. The predicted octanol–water partition coefficient (Wildman–Crippen LogP) is 4.07. The van der Waals surface area contributed by atoms with Gasteiger partial charge in [-0.15, -0.1) is 0 Å². The Labute approximate surface area is 369 Å². The van der Waals surface area contributed by atoms with Crippen LogP contribution in [0.15, 0.2) is 67.1 Å². The number of nitrogens with zero attached hydrogens (tertiary/aromatic N) is 5. The van der Waals surface area contributed by atoms with E-state index in [-0.39, 0.29) is 29.8 Å². The van der Waals surface area contributed by atoms with Crippen molar-refractivity contribution in [2.45, 2.75) is 51.6 Å². The van der Waals surface area contributed by atoms with Gasteiger partial charge in [0.25, 0.3) is 11.8 Å². The Morgan fingerprint density at radius 3 is 2.23 bits per heavy atom. The van der Waals surface area contributed by atoms with E-state index in [9.17, 15) is 24.0 Å². The van der Waals surface area contributed by atoms with Gasteiger partial charge in [0, 0.05) is 67.1 Å². The number of nitrogens with one attached hydrogen (secondary N) is 4. The van der Waals surface area contributed by atoms with E-state index in [1.54, 1.807) is 18.2 Å². The predicted molar refractivity (Wildman–Crippen MR) is 234 cm³/mol. The van der Waals surface area contributed by atoms with Crippen molar-refractivity contribution in [1.82, 2.24) is 34.9 Å². The van der Waals surface area contributed by atoms with Crippen molar-refractivity contribution < 1.29 is 47.7 Å². The third-order valence-corrected chi connectivity index (χ3v) is 10.4. The second kappa shape index (κ2) is 22.8. The van der Waals surface area contributed by atoms with E-state index in [0.29, 0.717) is 97.1 Å². The fourth-order valence-corrected chi connectivity index (χ4v) is 7.29. The Morgan fingerprint density at radius 2 is 1.53 bits per heavy atom. The molecule has 0 saturated carbocycles. The van der Waals surface area contributed by atoms with E-state index in [2.05, 4.69) is 37.9 Å². The van der Waals surface area contributed by atoms with E-state index >= 15 is 0 Å². The number of ketones is 1. The Bertz CT molecular complexity index is 2400. The maximum Gasteiger partial charge on any atom is 0.264 e. The van der Waals surface area contributed by atoms with Gasteiger partial charge in [0.15, 0.2) is 0 Å². The van der Waals surface area contributed by atoms with Gasteiger partial charge in [0.1, 0.15) is 17.5 Å². The van der Waals surface area contributed by atoms with Crippen LogP contribution in [-0.4, -0.2) is 138 Å². The first kappa shape index (κ1) is 45.6. The highest BCUT2D eigenvalue weighted by Crippen LogP contribution is 2.32. The molecule has 0 bridgehead atoms. The molecule has 3 aromatic heterocycles. The summed E-state index contributed by atoms with van der Waals surface area (Å²) in [7, 11) is 0. The molecule has 1 atom stereocenters. The fourth-order valence-electron chi connectivity index (χ4n) is 7.29. The molecule has 4 amide bonds. The fraction of sp³-hybridized carbons (Fsp3) is 0.422. The molecule has 7 rings (SSSR count). The highest BCUT2D eigenvalue weighted by atomic mass is 16.6. The van der Waals surface area contributed by atoms with Crippen molar-refractivity contribution in [3.63, 3.8) is 0 Å². The van der Waals surface area contributed by atoms with E-state index in [1.807, 2.05) is 53.6 Å². The van der Waals surface area contributed by atoms with Crippen LogP contribution in [0.25, 0.3) is 22.3 Å². The molecule has 0 radical (unpaired) electrons. The zero-order valence-corrected chi connectivity index (χ0v) is 35.8. The van der Waals surface area contributed by atoms with Crippen molar-refractivity contribution in [1.29, 1.82) is 0 Å². The first-order valence-electron chi connectivity index (χ1n) is 21.5. The average Bonchev–Trinajstić information content (AvgIpc) is 4.02. The smallest absolute Gasteiger partial charge is 0.264 e. The number of ether oxygens (including phenoxy) is 5. The summed E-state index contributed by atoms with van der Waals surface area (Å²) in [5.41, 5.74) is 5.04. The van der Waals surface area contributed by atoms with E-state index in [0.717, 1.165) is 51.4 Å². The van der Waals surface area contributed by atoms with Crippen molar-refractivity contribution in [3.05, 3.63) is 83.8 Å². The van der Waals surface area contributed by atoms with Crippen LogP contribution >= 0.6 is 0 Å². The molecule has 4 N–H and O–H groups in total. The summed E-state index contributed by atoms with van der Waals surface area (Å²) in [5, 5.41) is 14.0. The number of carbonyl (C=O) groups is 5. The molecule has 1 fully saturated rings. The number of benzene rings is 2. The summed E-state index contributed by atoms with van der Waals surface area (Å²) in [6.45, 7) is 7.06. The van der Waals surface area contributed by atoms with Gasteiger partial charge in [-0.05, 0) is 48.7 Å². The number of aromatic nitrogens is 5. The molecule has 5 heterocycles. The summed E-state index contributed by atoms with van der Waals surface area (Å²) in [5.74, 6) is -1.65. The molecule has 0 spiro atoms. The number of carbonyl (C=O) groups excluding carboxylic acids is 5. The lowest BCUT2D eigenvalue weighted by molar-refractivity contribution is -0.136. The Hall–Kier alpha value is -6.38. The van der Waals surface area contributed by atoms with Crippen LogP contribution in [0, 0.1) is 0 Å². The third kappa shape index (κ3) is 12.0. The minimum Gasteiger partial charge on any atom is -0.382 e. The van der Waals surface area contributed by atoms with Gasteiger partial charge in [-0.1, -0.05) is 25.1 Å². The molecule has 19 heteroatoms. The van der Waals surface area contributed by atoms with E-state index in [1.165, 1.54) is 0 Å². The van der Waals surface area contributed by atoms with Gasteiger partial charge in [-0.3, -0.25) is 38.9 Å². The zero-order chi connectivity index (χ0) is 44.7. The van der Waals surface area contributed by atoms with Crippen molar-refractivity contribution in [3.8, 4) is 11.3 Å². The number of hydrogen-bond acceptors (Lipinski definition) is 15. The summed E-state index contributed by atoms with van der Waals surface area (Å²) in [6.07, 6.45) is 7.43. The highest BCUT2D eigenvalue weighted by Gasteiger charge is 2.45. The molecule has 2 aromatic carbocycles. The van der Waals surface area contributed by atoms with Crippen molar-refractivity contribution in [2.75, 3.05) is 83.2 Å². The van der Waals surface area contributed by atoms with Crippen LogP contribution in [-0.2, 0) is 51.0 Å². The molecule has 19 nitrogen and oxygen atoms in total. The molecule has 338 valence electrons. The maximum absolute atomic E-state index is 13.2. The molecule has 2 aliphatic rings. The Morgan fingerprint density at radius 1 is 0.828 bits per heavy atom. The standard InChI is InChI=1S/C45H53N9O10/c1-2-16-53-29-31(28-48-53)40-35-12-14-47-41(35)52-45(51-40)49-32-8-6-30(7-9-32)27-33(55)13-17-60-19-21-62-23-25-64-26-24-63-22-20-61-18-15-46-36-5-3-4-34-39(36)44(59)54(43(34)58)37-10-11-38(56)50-42(37)57/h3-9,12,14,28-29,37,46H,2,10-11,13,15-27H2,1H3,(H,50,56,57)(H2,47,49,51,52). The normalized spacial score (nSPS) is 15.0. The van der Waals surface area contributed by atoms with Crippen LogP contribution in [0.5, 0.6) is 0 Å². The average molecular weight is 880 g/mol. The summed E-state index contributed by atoms with van der Waals surface area (Å²) in [6, 6.07) is 13.5. The highest BCUT2D eigenvalue weighted by molar-refractivity contribution is 6.25. The minimum atomic E-state index is -1.02. The summed E-state index contributed by atoms with van der Waals surface area (Å²) in [4.78, 5) is 76.2. The molecule has 2 aliphatic heterocycles. The summed E-state index contributed by atoms with van der Waals surface area (Å²) < 4.78 is 29.8. The van der Waals surface area contributed by atoms with Crippen LogP contribution in [0.1, 0.15) is 58.9 Å². The van der Waals surface area contributed by atoms with Crippen LogP contribution in [0.4, 0.5) is 17.3 Å². The number of amides is 4. The Kier molecular flexibility index (Phi) is 16.3. The molecule has 64 heavy (non-hydrogen) atoms. The number of aromatic amines is 1. The minimum absolute atomic E-state index is 0.0589. The van der Waals surface area contributed by atoms with Gasteiger partial charge in [0.2, 0.25) is 17.8 Å². The first-order chi connectivity index (χ1) is 31.3. The number of H-pyrrole nitrogens is 1. The number of Topliss-reactive ketones (excluding diaryl/α,β-unsaturated/α-hetero) is 1. The molecule has 1 saturated heterocycles. The molecular weight excluding hydrogens is 827 g/mol. The number of anilines is 3. The number of rotatable bonds is 27. The van der Waals surface area contributed by atoms with Crippen molar-refractivity contribution >= 4 is 57.8 Å². The van der Waals surface area contributed by atoms with Crippen LogP contribution in [0.3, 0.4) is 0 Å². The maximum atomic E-state index is 13.2. The lowest BCUT2D eigenvalue weighted by Crippen LogP contribution is -2.54. The monoisotopic (exact) mass is 879 g/mol. The van der Waals surface area contributed by atoms with Gasteiger partial charge in [0.05, 0.1) is 89.1 Å². The van der Waals surface area contributed by atoms with E-state index in [4.69, 9.17) is 28.7 Å². The lowest BCUT2D eigenvalue weighted by Gasteiger charge is -2.27. The first-order valence-corrected chi connectivity index (χ1v) is 21.5. The second-order valence-corrected chi connectivity index (χ2v) is 15.1. The zero-order valence-electron chi connectivity index (χ0n) is 35.8. The molecule has 0 aliphatic carbocycles. The number of imide groups is 2. The van der Waals surface area contributed by atoms with Gasteiger partial charge < -0.3 is 39.3 Å². The van der Waals surface area contributed by atoms with Crippen molar-refractivity contribution in [2.24, 2.45) is 0 Å². The lowest BCUT2D eigenvalue weighted by atomic mass is 10.0. The SMILES string of the molecule is CCCn1cc(-c2nc(Nc3ccc(CC(=O)CCOCCOCCOCCOCCOCCNc4cccc5c4C(=O)N(C4CCC(=O)NC4=O)C5=O)cc3)nc3[nH]ccc23)cn1. The van der Waals surface area contributed by atoms with Crippen LogP contribution < -0.4 is 16.0 Å². The number of hydrogen-bond donors (Lipinski definition) is 4. The number of piperidine rings is 1. The quantitative estimate of drug-likeness (QED) is 0.0430. The molecular formula is C45H53N9O10. The largest absolute Gasteiger partial charge is 0.382 e. The molecule has 1 unspecified atom stereocenters. The van der Waals surface area contributed by atoms with Gasteiger partial charge in [-0.25, -0.2) is 4.98 Å². The Balaban J connectivity index is 0.672. The third-order valence-electron chi connectivity index (χ3n) is 10.4. The summed E-state index contributed by atoms with van der Waals surface area (Å²) >= 11 is 0. The van der Waals surface area contributed by atoms with Gasteiger partial charge >= 0.3 is 0 Å².